The molecule has 2 rings (SSSR count). The molecule has 110 valence electrons. The van der Waals surface area contributed by atoms with Gasteiger partial charge in [-0.05, 0) is 24.8 Å². The lowest BCUT2D eigenvalue weighted by molar-refractivity contribution is -0.133. The van der Waals surface area contributed by atoms with Crippen LogP contribution in [0.5, 0.6) is 0 Å². The smallest absolute Gasteiger partial charge is 0.223 e. The highest BCUT2D eigenvalue weighted by Crippen LogP contribution is 2.15. The summed E-state index contributed by atoms with van der Waals surface area (Å²) >= 11 is 0. The van der Waals surface area contributed by atoms with Gasteiger partial charge in [0.15, 0.2) is 0 Å². The van der Waals surface area contributed by atoms with E-state index in [0.717, 1.165) is 39.0 Å². The maximum Gasteiger partial charge on any atom is 0.223 e. The normalized spacial score (nSPS) is 16.4. The molecule has 0 aliphatic carbocycles. The van der Waals surface area contributed by atoms with E-state index in [9.17, 15) is 4.79 Å². The number of hydrogen-bond acceptors (Lipinski definition) is 3. The first kappa shape index (κ1) is 15.0. The fraction of sp³-hybridized carbons (Fsp3) is 0.562. The van der Waals surface area contributed by atoms with Crippen molar-refractivity contribution in [1.82, 2.24) is 4.90 Å². The van der Waals surface area contributed by atoms with E-state index < -0.39 is 0 Å². The summed E-state index contributed by atoms with van der Waals surface area (Å²) < 4.78 is 5.91. The predicted molar refractivity (Wildman–Crippen MR) is 79.4 cm³/mol. The molecule has 20 heavy (non-hydrogen) atoms. The van der Waals surface area contributed by atoms with Gasteiger partial charge in [0.1, 0.15) is 0 Å². The van der Waals surface area contributed by atoms with Crippen molar-refractivity contribution < 1.29 is 9.53 Å². The molecule has 4 nitrogen and oxygen atoms in total. The van der Waals surface area contributed by atoms with Crippen molar-refractivity contribution in [3.63, 3.8) is 0 Å². The second-order valence-corrected chi connectivity index (χ2v) is 5.23. The van der Waals surface area contributed by atoms with Crippen molar-refractivity contribution in [3.8, 4) is 0 Å². The first-order valence-electron chi connectivity index (χ1n) is 7.43. The van der Waals surface area contributed by atoms with Crippen molar-refractivity contribution in [2.24, 2.45) is 5.73 Å². The van der Waals surface area contributed by atoms with Gasteiger partial charge in [0.05, 0.1) is 12.7 Å². The second-order valence-electron chi connectivity index (χ2n) is 5.23. The molecule has 0 atom stereocenters. The zero-order chi connectivity index (χ0) is 14.2. The Labute approximate surface area is 120 Å². The van der Waals surface area contributed by atoms with Crippen LogP contribution in [0.4, 0.5) is 0 Å². The van der Waals surface area contributed by atoms with Crippen LogP contribution in [-0.2, 0) is 16.0 Å². The van der Waals surface area contributed by atoms with E-state index in [2.05, 4.69) is 24.3 Å². The van der Waals surface area contributed by atoms with Gasteiger partial charge in [-0.15, -0.1) is 0 Å². The maximum atomic E-state index is 11.7. The van der Waals surface area contributed by atoms with Crippen molar-refractivity contribution in [2.75, 3.05) is 26.2 Å². The average Bonchev–Trinajstić information content (AvgIpc) is 2.49. The number of ether oxygens (including phenoxy) is 1. The molecule has 2 N–H and O–H groups in total. The van der Waals surface area contributed by atoms with E-state index in [1.54, 1.807) is 0 Å². The number of carbonyl (C=O) groups is 1. The molecule has 1 amide bonds. The summed E-state index contributed by atoms with van der Waals surface area (Å²) in [7, 11) is 0. The summed E-state index contributed by atoms with van der Waals surface area (Å²) in [6.45, 7) is 2.79. The maximum absolute atomic E-state index is 11.7. The third-order valence-electron chi connectivity index (χ3n) is 3.74. The largest absolute Gasteiger partial charge is 0.378 e. The molecule has 1 aliphatic heterocycles. The third kappa shape index (κ3) is 4.62. The van der Waals surface area contributed by atoms with Crippen LogP contribution in [0, 0.1) is 0 Å². The minimum absolute atomic E-state index is 0.176. The summed E-state index contributed by atoms with van der Waals surface area (Å²) in [5.74, 6) is 0.176. The molecule has 0 radical (unpaired) electrons. The monoisotopic (exact) mass is 276 g/mol. The molecule has 0 saturated carbocycles. The first-order chi connectivity index (χ1) is 9.79. The summed E-state index contributed by atoms with van der Waals surface area (Å²) in [6, 6.07) is 10.4. The Morgan fingerprint density at radius 3 is 2.60 bits per heavy atom. The van der Waals surface area contributed by atoms with E-state index in [0.29, 0.717) is 19.1 Å². The van der Waals surface area contributed by atoms with E-state index in [1.807, 2.05) is 11.0 Å². The summed E-state index contributed by atoms with van der Waals surface area (Å²) in [5.41, 5.74) is 6.72. The lowest BCUT2D eigenvalue weighted by Crippen LogP contribution is -2.41. The van der Waals surface area contributed by atoms with Gasteiger partial charge in [0.2, 0.25) is 5.91 Å². The fourth-order valence-electron chi connectivity index (χ4n) is 2.54. The Bertz CT molecular complexity index is 400. The van der Waals surface area contributed by atoms with Gasteiger partial charge in [-0.25, -0.2) is 0 Å². The van der Waals surface area contributed by atoms with Crippen LogP contribution in [0.25, 0.3) is 0 Å². The van der Waals surface area contributed by atoms with Crippen LogP contribution >= 0.6 is 0 Å². The second kappa shape index (κ2) is 8.02. The van der Waals surface area contributed by atoms with Gasteiger partial charge in [0, 0.05) is 26.1 Å². The molecule has 0 aromatic heterocycles. The lowest BCUT2D eigenvalue weighted by atomic mass is 10.1. The third-order valence-corrected chi connectivity index (χ3v) is 3.74. The van der Waals surface area contributed by atoms with Crippen LogP contribution in [0.3, 0.4) is 0 Å². The first-order valence-corrected chi connectivity index (χ1v) is 7.43. The molecule has 0 spiro atoms. The van der Waals surface area contributed by atoms with Crippen molar-refractivity contribution >= 4 is 5.91 Å². The molecule has 0 unspecified atom stereocenters. The van der Waals surface area contributed by atoms with E-state index in [-0.39, 0.29) is 5.91 Å². The van der Waals surface area contributed by atoms with Crippen LogP contribution in [0.15, 0.2) is 30.3 Å². The summed E-state index contributed by atoms with van der Waals surface area (Å²) in [5, 5.41) is 0. The van der Waals surface area contributed by atoms with E-state index in [1.165, 1.54) is 5.56 Å². The Kier molecular flexibility index (Phi) is 6.02. The molecule has 1 fully saturated rings. The number of hydrogen-bond donors (Lipinski definition) is 1. The minimum Gasteiger partial charge on any atom is -0.378 e. The number of nitrogens with zero attached hydrogens (tertiary/aromatic N) is 1. The topological polar surface area (TPSA) is 55.6 Å². The molecule has 0 bridgehead atoms. The number of benzene rings is 1. The highest BCUT2D eigenvalue weighted by atomic mass is 16.5. The van der Waals surface area contributed by atoms with Gasteiger partial charge >= 0.3 is 0 Å². The Morgan fingerprint density at radius 2 is 1.95 bits per heavy atom. The molecule has 1 heterocycles. The average molecular weight is 276 g/mol. The lowest BCUT2D eigenvalue weighted by Gasteiger charge is -2.32. The quantitative estimate of drug-likeness (QED) is 0.858. The molecule has 1 aliphatic rings. The Balaban J connectivity index is 1.63. The van der Waals surface area contributed by atoms with Gasteiger partial charge in [-0.3, -0.25) is 4.79 Å². The molecular formula is C16H24N2O2. The Morgan fingerprint density at radius 1 is 1.25 bits per heavy atom. The van der Waals surface area contributed by atoms with Crippen molar-refractivity contribution in [3.05, 3.63) is 35.9 Å². The Hall–Kier alpha value is -1.39. The summed E-state index contributed by atoms with van der Waals surface area (Å²) in [6.07, 6.45) is 3.57. The minimum atomic E-state index is 0.176. The van der Waals surface area contributed by atoms with E-state index in [4.69, 9.17) is 10.5 Å². The number of likely N-dealkylation sites (tertiary alicyclic amines) is 1. The van der Waals surface area contributed by atoms with Gasteiger partial charge in [-0.1, -0.05) is 30.3 Å². The predicted octanol–water partition coefficient (Wildman–Crippen LogP) is 1.59. The van der Waals surface area contributed by atoms with Gasteiger partial charge < -0.3 is 15.4 Å². The van der Waals surface area contributed by atoms with Crippen molar-refractivity contribution in [2.45, 2.75) is 31.8 Å². The fourth-order valence-corrected chi connectivity index (χ4v) is 2.54. The summed E-state index contributed by atoms with van der Waals surface area (Å²) in [4.78, 5) is 13.6. The van der Waals surface area contributed by atoms with E-state index >= 15 is 0 Å². The number of piperidine rings is 1. The number of carbonyl (C=O) groups excluding carboxylic acids is 1. The van der Waals surface area contributed by atoms with Crippen LogP contribution in [0.2, 0.25) is 0 Å². The van der Waals surface area contributed by atoms with Crippen LogP contribution in [0.1, 0.15) is 24.8 Å². The number of amides is 1. The van der Waals surface area contributed by atoms with Crippen molar-refractivity contribution in [1.29, 1.82) is 0 Å². The molecule has 1 aromatic rings. The molecule has 4 heteroatoms. The molecular weight excluding hydrogens is 252 g/mol. The van der Waals surface area contributed by atoms with Gasteiger partial charge in [-0.2, -0.15) is 0 Å². The zero-order valence-corrected chi connectivity index (χ0v) is 12.0. The van der Waals surface area contributed by atoms with Crippen LogP contribution < -0.4 is 5.73 Å². The highest BCUT2D eigenvalue weighted by Gasteiger charge is 2.22. The molecule has 1 saturated heterocycles. The highest BCUT2D eigenvalue weighted by molar-refractivity contribution is 5.76. The van der Waals surface area contributed by atoms with Gasteiger partial charge in [0.25, 0.3) is 0 Å². The zero-order valence-electron chi connectivity index (χ0n) is 12.0. The van der Waals surface area contributed by atoms with Crippen LogP contribution in [-0.4, -0.2) is 43.2 Å². The molecule has 1 aromatic carbocycles. The standard InChI is InChI=1S/C16H24N2O2/c17-10-6-16(19)18-11-7-15(8-12-18)20-13-9-14-4-2-1-3-5-14/h1-5,15H,6-13,17H2. The SMILES string of the molecule is NCCC(=O)N1CCC(OCCc2ccccc2)CC1. The number of rotatable bonds is 6. The number of nitrogens with two attached hydrogens (primary N) is 1.